The molecule has 3 rings (SSSR count). The molecule has 0 radical (unpaired) electrons. The summed E-state index contributed by atoms with van der Waals surface area (Å²) in [6.07, 6.45) is 3.43. The zero-order valence-corrected chi connectivity index (χ0v) is 18.6. The van der Waals surface area contributed by atoms with Gasteiger partial charge in [-0.2, -0.15) is 0 Å². The molecule has 9 nitrogen and oxygen atoms in total. The highest BCUT2D eigenvalue weighted by atomic mass is 16.5. The molecule has 2 heterocycles. The second-order valence-corrected chi connectivity index (χ2v) is 7.32. The summed E-state index contributed by atoms with van der Waals surface area (Å²) in [6, 6.07) is 5.46. The van der Waals surface area contributed by atoms with Crippen LogP contribution in [-0.2, 0) is 38.1 Å². The van der Waals surface area contributed by atoms with Crippen LogP contribution in [0.5, 0.6) is 0 Å². The average Bonchev–Trinajstić information content (AvgIpc) is 2.80. The molecule has 168 valence electrons. The topological polar surface area (TPSA) is 108 Å². The quantitative estimate of drug-likeness (QED) is 0.511. The third-order valence-corrected chi connectivity index (χ3v) is 5.49. The standard InChI is InChI=1S/C23H23NO8/c1-12-7-8-14-13(11-12)9-10-23(2)17(21(27)31-5)15(19(25)29-3)16(20(26)30-4)18(24(14)23)22(28)32-6/h7-11H,1-6H3. The van der Waals surface area contributed by atoms with Crippen LogP contribution in [0.2, 0.25) is 0 Å². The number of anilines is 1. The third-order valence-electron chi connectivity index (χ3n) is 5.49. The zero-order valence-electron chi connectivity index (χ0n) is 18.6. The average molecular weight is 441 g/mol. The summed E-state index contributed by atoms with van der Waals surface area (Å²) in [7, 11) is 4.49. The minimum Gasteiger partial charge on any atom is -0.466 e. The number of aryl methyl sites for hydroxylation is 1. The molecule has 0 bridgehead atoms. The maximum Gasteiger partial charge on any atom is 0.355 e. The van der Waals surface area contributed by atoms with Crippen LogP contribution in [0.3, 0.4) is 0 Å². The molecule has 0 fully saturated rings. The highest BCUT2D eigenvalue weighted by Gasteiger charge is 2.53. The van der Waals surface area contributed by atoms with E-state index in [1.54, 1.807) is 25.1 Å². The summed E-state index contributed by atoms with van der Waals surface area (Å²) < 4.78 is 19.7. The lowest BCUT2D eigenvalue weighted by Crippen LogP contribution is -2.55. The van der Waals surface area contributed by atoms with E-state index in [0.29, 0.717) is 5.69 Å². The fraction of sp³-hybridized carbons (Fsp3) is 0.304. The highest BCUT2D eigenvalue weighted by molar-refractivity contribution is 6.19. The Balaban J connectivity index is 2.57. The van der Waals surface area contributed by atoms with Gasteiger partial charge in [0.2, 0.25) is 0 Å². The van der Waals surface area contributed by atoms with Crippen molar-refractivity contribution in [2.45, 2.75) is 19.4 Å². The second-order valence-electron chi connectivity index (χ2n) is 7.32. The molecule has 0 saturated heterocycles. The van der Waals surface area contributed by atoms with Crippen molar-refractivity contribution in [1.29, 1.82) is 0 Å². The van der Waals surface area contributed by atoms with Crippen molar-refractivity contribution in [3.8, 4) is 0 Å². The molecule has 0 saturated carbocycles. The number of benzene rings is 1. The second kappa shape index (κ2) is 8.33. The number of methoxy groups -OCH3 is 4. The Morgan fingerprint density at radius 2 is 1.38 bits per heavy atom. The first-order valence-electron chi connectivity index (χ1n) is 9.59. The summed E-state index contributed by atoms with van der Waals surface area (Å²) >= 11 is 0. The van der Waals surface area contributed by atoms with E-state index in [4.69, 9.17) is 18.9 Å². The number of ether oxygens (including phenoxy) is 4. The molecule has 0 amide bonds. The molecule has 1 aromatic rings. The zero-order chi connectivity index (χ0) is 23.8. The largest absolute Gasteiger partial charge is 0.466 e. The summed E-state index contributed by atoms with van der Waals surface area (Å²) in [5, 5.41) is 0. The van der Waals surface area contributed by atoms with Gasteiger partial charge in [-0.1, -0.05) is 23.8 Å². The normalized spacial score (nSPS) is 19.1. The molecule has 0 aromatic heterocycles. The SMILES string of the molecule is COC(=O)C1=C(C(=O)OC)N2c3ccc(C)cc3C=CC2(C)C(C(=O)OC)=C1C(=O)OC. The van der Waals surface area contributed by atoms with Gasteiger partial charge in [-0.25, -0.2) is 19.2 Å². The van der Waals surface area contributed by atoms with Crippen molar-refractivity contribution in [2.24, 2.45) is 0 Å². The van der Waals surface area contributed by atoms with Crippen LogP contribution >= 0.6 is 0 Å². The number of fused-ring (bicyclic) bond motifs is 3. The Morgan fingerprint density at radius 3 is 1.94 bits per heavy atom. The monoisotopic (exact) mass is 441 g/mol. The van der Waals surface area contributed by atoms with Gasteiger partial charge >= 0.3 is 23.9 Å². The Kier molecular flexibility index (Phi) is 5.94. The van der Waals surface area contributed by atoms with Gasteiger partial charge in [0.25, 0.3) is 0 Å². The molecule has 2 aliphatic rings. The lowest BCUT2D eigenvalue weighted by Gasteiger charge is -2.48. The summed E-state index contributed by atoms with van der Waals surface area (Å²) in [5.74, 6) is -3.79. The van der Waals surface area contributed by atoms with Crippen LogP contribution in [0.25, 0.3) is 6.08 Å². The smallest absolute Gasteiger partial charge is 0.355 e. The van der Waals surface area contributed by atoms with E-state index in [9.17, 15) is 19.2 Å². The van der Waals surface area contributed by atoms with Crippen LogP contribution in [0, 0.1) is 6.92 Å². The van der Waals surface area contributed by atoms with Crippen LogP contribution in [0.15, 0.2) is 46.7 Å². The Labute approximate surface area is 184 Å². The molecule has 0 spiro atoms. The van der Waals surface area contributed by atoms with Crippen molar-refractivity contribution in [2.75, 3.05) is 33.3 Å². The van der Waals surface area contributed by atoms with Gasteiger partial charge in [0.1, 0.15) is 11.3 Å². The molecule has 1 aromatic carbocycles. The summed E-state index contributed by atoms with van der Waals surface area (Å²) in [4.78, 5) is 53.3. The Morgan fingerprint density at radius 1 is 0.812 bits per heavy atom. The summed E-state index contributed by atoms with van der Waals surface area (Å²) in [6.45, 7) is 3.53. The third kappa shape index (κ3) is 3.26. The molecule has 0 aliphatic carbocycles. The molecule has 2 aliphatic heterocycles. The van der Waals surface area contributed by atoms with Crippen LogP contribution in [0.4, 0.5) is 5.69 Å². The fourth-order valence-corrected chi connectivity index (χ4v) is 4.05. The van der Waals surface area contributed by atoms with Crippen molar-refractivity contribution in [1.82, 2.24) is 0 Å². The number of hydrogen-bond acceptors (Lipinski definition) is 9. The lowest BCUT2D eigenvalue weighted by molar-refractivity contribution is -0.142. The first kappa shape index (κ1) is 22.8. The molecular formula is C23H23NO8. The van der Waals surface area contributed by atoms with Crippen molar-refractivity contribution < 1.29 is 38.1 Å². The molecule has 1 unspecified atom stereocenters. The van der Waals surface area contributed by atoms with Crippen LogP contribution in [0.1, 0.15) is 18.1 Å². The van der Waals surface area contributed by atoms with E-state index < -0.39 is 40.6 Å². The minimum atomic E-state index is -1.39. The number of carbonyl (C=O) groups excluding carboxylic acids is 4. The van der Waals surface area contributed by atoms with E-state index in [1.165, 1.54) is 4.90 Å². The highest BCUT2D eigenvalue weighted by Crippen LogP contribution is 2.48. The number of nitrogens with zero attached hydrogens (tertiary/aromatic N) is 1. The maximum absolute atomic E-state index is 13.0. The molecule has 9 heteroatoms. The number of carbonyl (C=O) groups is 4. The Hall–Kier alpha value is -3.88. The van der Waals surface area contributed by atoms with Crippen LogP contribution in [-0.4, -0.2) is 57.9 Å². The number of rotatable bonds is 4. The molecule has 1 atom stereocenters. The van der Waals surface area contributed by atoms with E-state index in [1.807, 2.05) is 19.1 Å². The predicted octanol–water partition coefficient (Wildman–Crippen LogP) is 1.84. The van der Waals surface area contributed by atoms with Gasteiger partial charge in [0.05, 0.1) is 45.1 Å². The van der Waals surface area contributed by atoms with Gasteiger partial charge in [-0.05, 0) is 31.5 Å². The first-order valence-corrected chi connectivity index (χ1v) is 9.59. The van der Waals surface area contributed by atoms with Crippen LogP contribution < -0.4 is 4.90 Å². The van der Waals surface area contributed by atoms with Crippen molar-refractivity contribution in [3.63, 3.8) is 0 Å². The van der Waals surface area contributed by atoms with E-state index in [-0.39, 0.29) is 11.3 Å². The predicted molar refractivity (Wildman–Crippen MR) is 113 cm³/mol. The van der Waals surface area contributed by atoms with Crippen molar-refractivity contribution in [3.05, 3.63) is 57.8 Å². The van der Waals surface area contributed by atoms with Gasteiger partial charge in [-0.3, -0.25) is 0 Å². The van der Waals surface area contributed by atoms with Crippen molar-refractivity contribution >= 4 is 35.6 Å². The first-order chi connectivity index (χ1) is 15.2. The molecule has 32 heavy (non-hydrogen) atoms. The van der Waals surface area contributed by atoms with Gasteiger partial charge in [0, 0.05) is 5.69 Å². The Bertz CT molecular complexity index is 1130. The number of hydrogen-bond donors (Lipinski definition) is 0. The van der Waals surface area contributed by atoms with Gasteiger partial charge in [-0.15, -0.1) is 0 Å². The van der Waals surface area contributed by atoms with E-state index >= 15 is 0 Å². The molecule has 0 N–H and O–H groups in total. The van der Waals surface area contributed by atoms with E-state index in [0.717, 1.165) is 39.6 Å². The number of esters is 4. The van der Waals surface area contributed by atoms with E-state index in [2.05, 4.69) is 0 Å². The van der Waals surface area contributed by atoms with Gasteiger partial charge < -0.3 is 23.8 Å². The summed E-state index contributed by atoms with van der Waals surface area (Å²) in [5.41, 5.74) is -0.487. The van der Waals surface area contributed by atoms with Gasteiger partial charge in [0.15, 0.2) is 0 Å². The maximum atomic E-state index is 13.0. The lowest BCUT2D eigenvalue weighted by atomic mass is 9.76. The minimum absolute atomic E-state index is 0.178. The molecular weight excluding hydrogens is 418 g/mol. The fourth-order valence-electron chi connectivity index (χ4n) is 4.05.